The average Bonchev–Trinajstić information content (AvgIpc) is 3.11. The third-order valence-electron chi connectivity index (χ3n) is 4.69. The standard InChI is InChI=1S/C13H23F3N2/c14-13(15,16)12(7-8-12)18-10-11(9-17)5-3-1-2-4-6-11/h18H,1-10,17H2. The molecule has 5 heteroatoms. The second kappa shape index (κ2) is 5.00. The lowest BCUT2D eigenvalue weighted by atomic mass is 9.80. The molecule has 0 aromatic heterocycles. The molecule has 0 radical (unpaired) electrons. The Labute approximate surface area is 106 Å². The van der Waals surface area contributed by atoms with Crippen molar-refractivity contribution in [1.29, 1.82) is 0 Å². The first-order chi connectivity index (χ1) is 8.43. The highest BCUT2D eigenvalue weighted by Gasteiger charge is 2.63. The third-order valence-corrected chi connectivity index (χ3v) is 4.69. The van der Waals surface area contributed by atoms with E-state index in [1.807, 2.05) is 0 Å². The van der Waals surface area contributed by atoms with Crippen LogP contribution in [0.3, 0.4) is 0 Å². The Morgan fingerprint density at radius 1 is 0.944 bits per heavy atom. The van der Waals surface area contributed by atoms with Crippen molar-refractivity contribution in [3.63, 3.8) is 0 Å². The highest BCUT2D eigenvalue weighted by atomic mass is 19.4. The van der Waals surface area contributed by atoms with E-state index in [1.54, 1.807) is 0 Å². The summed E-state index contributed by atoms with van der Waals surface area (Å²) in [6, 6.07) is 0. The molecule has 106 valence electrons. The van der Waals surface area contributed by atoms with Crippen LogP contribution < -0.4 is 11.1 Å². The first-order valence-corrected chi connectivity index (χ1v) is 6.95. The van der Waals surface area contributed by atoms with Gasteiger partial charge in [-0.1, -0.05) is 25.7 Å². The number of rotatable bonds is 4. The Hall–Kier alpha value is -0.290. The fourth-order valence-corrected chi connectivity index (χ4v) is 2.97. The summed E-state index contributed by atoms with van der Waals surface area (Å²) >= 11 is 0. The molecule has 18 heavy (non-hydrogen) atoms. The summed E-state index contributed by atoms with van der Waals surface area (Å²) in [6.07, 6.45) is 2.81. The second-order valence-corrected chi connectivity index (χ2v) is 6.05. The van der Waals surface area contributed by atoms with Crippen LogP contribution in [0.4, 0.5) is 13.2 Å². The van der Waals surface area contributed by atoms with E-state index in [1.165, 1.54) is 12.8 Å². The molecule has 0 atom stereocenters. The van der Waals surface area contributed by atoms with Crippen LogP contribution in [0.25, 0.3) is 0 Å². The van der Waals surface area contributed by atoms with E-state index in [-0.39, 0.29) is 18.3 Å². The van der Waals surface area contributed by atoms with E-state index in [9.17, 15) is 13.2 Å². The van der Waals surface area contributed by atoms with Crippen molar-refractivity contribution < 1.29 is 13.2 Å². The maximum Gasteiger partial charge on any atom is 0.406 e. The van der Waals surface area contributed by atoms with E-state index in [2.05, 4.69) is 5.32 Å². The molecule has 0 heterocycles. The Bertz CT molecular complexity index is 276. The van der Waals surface area contributed by atoms with Gasteiger partial charge in [0, 0.05) is 6.54 Å². The van der Waals surface area contributed by atoms with Gasteiger partial charge in [0.1, 0.15) is 5.54 Å². The summed E-state index contributed by atoms with van der Waals surface area (Å²) in [6.45, 7) is 0.914. The smallest absolute Gasteiger partial charge is 0.330 e. The van der Waals surface area contributed by atoms with Crippen molar-refractivity contribution in [3.8, 4) is 0 Å². The first-order valence-electron chi connectivity index (χ1n) is 6.95. The summed E-state index contributed by atoms with van der Waals surface area (Å²) in [5.74, 6) is 0. The second-order valence-electron chi connectivity index (χ2n) is 6.05. The van der Waals surface area contributed by atoms with Crippen LogP contribution in [-0.4, -0.2) is 24.8 Å². The van der Waals surface area contributed by atoms with Crippen molar-refractivity contribution >= 4 is 0 Å². The summed E-state index contributed by atoms with van der Waals surface area (Å²) < 4.78 is 38.6. The Morgan fingerprint density at radius 3 is 1.89 bits per heavy atom. The average molecular weight is 264 g/mol. The normalized spacial score (nSPS) is 26.7. The van der Waals surface area contributed by atoms with E-state index < -0.39 is 11.7 Å². The number of alkyl halides is 3. The zero-order valence-electron chi connectivity index (χ0n) is 10.8. The topological polar surface area (TPSA) is 38.0 Å². The minimum Gasteiger partial charge on any atom is -0.330 e. The van der Waals surface area contributed by atoms with Crippen LogP contribution in [0.2, 0.25) is 0 Å². The zero-order chi connectivity index (χ0) is 13.3. The largest absolute Gasteiger partial charge is 0.406 e. The van der Waals surface area contributed by atoms with Gasteiger partial charge >= 0.3 is 6.18 Å². The molecule has 0 amide bonds. The van der Waals surface area contributed by atoms with Crippen molar-refractivity contribution in [3.05, 3.63) is 0 Å². The highest BCUT2D eigenvalue weighted by Crippen LogP contribution is 2.49. The van der Waals surface area contributed by atoms with Gasteiger partial charge in [-0.05, 0) is 37.6 Å². The van der Waals surface area contributed by atoms with Crippen molar-refractivity contribution in [2.75, 3.05) is 13.1 Å². The molecular formula is C13H23F3N2. The first kappa shape index (κ1) is 14.1. The van der Waals surface area contributed by atoms with Gasteiger partial charge in [-0.3, -0.25) is 0 Å². The maximum atomic E-state index is 12.9. The summed E-state index contributed by atoms with van der Waals surface area (Å²) in [5, 5.41) is 2.79. The minimum absolute atomic E-state index is 0.114. The highest BCUT2D eigenvalue weighted by molar-refractivity contribution is 5.08. The van der Waals surface area contributed by atoms with Crippen LogP contribution in [0.5, 0.6) is 0 Å². The van der Waals surface area contributed by atoms with Crippen LogP contribution >= 0.6 is 0 Å². The number of nitrogens with one attached hydrogen (secondary N) is 1. The van der Waals surface area contributed by atoms with E-state index in [0.29, 0.717) is 13.1 Å². The lowest BCUT2D eigenvalue weighted by molar-refractivity contribution is -0.167. The summed E-state index contributed by atoms with van der Waals surface area (Å²) in [7, 11) is 0. The van der Waals surface area contributed by atoms with Crippen molar-refractivity contribution in [1.82, 2.24) is 5.32 Å². The SMILES string of the molecule is NCC1(CNC2(C(F)(F)F)CC2)CCCCCC1. The van der Waals surface area contributed by atoms with Gasteiger partial charge in [-0.15, -0.1) is 0 Å². The molecule has 2 fully saturated rings. The van der Waals surface area contributed by atoms with Crippen LogP contribution in [0.1, 0.15) is 51.4 Å². The third kappa shape index (κ3) is 2.82. The predicted molar refractivity (Wildman–Crippen MR) is 65.2 cm³/mol. The van der Waals surface area contributed by atoms with Crippen LogP contribution in [0, 0.1) is 5.41 Å². The van der Waals surface area contributed by atoms with Crippen LogP contribution in [0.15, 0.2) is 0 Å². The van der Waals surface area contributed by atoms with E-state index >= 15 is 0 Å². The van der Waals surface area contributed by atoms with Gasteiger partial charge in [0.25, 0.3) is 0 Å². The molecule has 0 bridgehead atoms. The fourth-order valence-electron chi connectivity index (χ4n) is 2.97. The molecule has 0 aliphatic heterocycles. The maximum absolute atomic E-state index is 12.9. The number of nitrogens with two attached hydrogens (primary N) is 1. The Balaban J connectivity index is 1.94. The molecule has 0 aromatic rings. The van der Waals surface area contributed by atoms with Gasteiger partial charge in [0.05, 0.1) is 0 Å². The zero-order valence-corrected chi connectivity index (χ0v) is 10.8. The van der Waals surface area contributed by atoms with Crippen molar-refractivity contribution in [2.24, 2.45) is 11.1 Å². The molecule has 0 saturated heterocycles. The van der Waals surface area contributed by atoms with Gasteiger partial charge in [-0.2, -0.15) is 13.2 Å². The van der Waals surface area contributed by atoms with E-state index in [4.69, 9.17) is 5.73 Å². The summed E-state index contributed by atoms with van der Waals surface area (Å²) in [5.41, 5.74) is 4.14. The molecule has 2 aliphatic carbocycles. The molecule has 0 unspecified atom stereocenters. The molecule has 2 nitrogen and oxygen atoms in total. The van der Waals surface area contributed by atoms with Crippen LogP contribution in [-0.2, 0) is 0 Å². The van der Waals surface area contributed by atoms with Gasteiger partial charge < -0.3 is 11.1 Å². The molecule has 0 aromatic carbocycles. The number of halogens is 3. The predicted octanol–water partition coefficient (Wildman–Crippen LogP) is 2.97. The molecule has 2 rings (SSSR count). The molecule has 2 aliphatic rings. The minimum atomic E-state index is -4.12. The van der Waals surface area contributed by atoms with Gasteiger partial charge in [0.2, 0.25) is 0 Å². The lowest BCUT2D eigenvalue weighted by Gasteiger charge is -2.34. The van der Waals surface area contributed by atoms with Crippen molar-refractivity contribution in [2.45, 2.75) is 63.1 Å². The fraction of sp³-hybridized carbons (Fsp3) is 1.00. The molecule has 3 N–H and O–H groups in total. The Kier molecular flexibility index (Phi) is 3.93. The van der Waals surface area contributed by atoms with E-state index in [0.717, 1.165) is 25.7 Å². The number of hydrogen-bond donors (Lipinski definition) is 2. The van der Waals surface area contributed by atoms with Gasteiger partial charge in [0.15, 0.2) is 0 Å². The lowest BCUT2D eigenvalue weighted by Crippen LogP contribution is -2.51. The molecule has 0 spiro atoms. The molecule has 2 saturated carbocycles. The summed E-state index contributed by atoms with van der Waals surface area (Å²) in [4.78, 5) is 0. The quantitative estimate of drug-likeness (QED) is 0.766. The number of hydrogen-bond acceptors (Lipinski definition) is 2. The van der Waals surface area contributed by atoms with Gasteiger partial charge in [-0.25, -0.2) is 0 Å². The monoisotopic (exact) mass is 264 g/mol. The molecular weight excluding hydrogens is 241 g/mol. The Morgan fingerprint density at radius 2 is 1.50 bits per heavy atom.